The van der Waals surface area contributed by atoms with Gasteiger partial charge in [0.1, 0.15) is 17.1 Å². The van der Waals surface area contributed by atoms with Crippen LogP contribution in [0.1, 0.15) is 35.0 Å². The summed E-state index contributed by atoms with van der Waals surface area (Å²) in [6, 6.07) is 3.52. The van der Waals surface area contributed by atoms with Gasteiger partial charge in [-0.25, -0.2) is 9.78 Å². The van der Waals surface area contributed by atoms with Crippen LogP contribution in [0.5, 0.6) is 0 Å². The highest BCUT2D eigenvalue weighted by atomic mass is 16.4. The molecule has 1 aliphatic heterocycles. The average molecular weight is 400 g/mol. The molecule has 2 N–H and O–H groups in total. The first-order valence-electron chi connectivity index (χ1n) is 9.68. The highest BCUT2D eigenvalue weighted by Crippen LogP contribution is 2.15. The number of furan rings is 1. The Balaban J connectivity index is 1.37. The molecule has 29 heavy (non-hydrogen) atoms. The fourth-order valence-corrected chi connectivity index (χ4v) is 3.62. The Hall–Kier alpha value is -3.14. The summed E-state index contributed by atoms with van der Waals surface area (Å²) in [5.41, 5.74) is -0.283. The summed E-state index contributed by atoms with van der Waals surface area (Å²) in [7, 11) is 2.99. The van der Waals surface area contributed by atoms with Crippen molar-refractivity contribution in [1.82, 2.24) is 29.3 Å². The Labute approximate surface area is 166 Å². The van der Waals surface area contributed by atoms with Crippen LogP contribution in [0.4, 0.5) is 0 Å². The van der Waals surface area contributed by atoms with E-state index in [4.69, 9.17) is 4.42 Å². The zero-order valence-electron chi connectivity index (χ0n) is 16.5. The van der Waals surface area contributed by atoms with E-state index in [9.17, 15) is 14.4 Å². The molecule has 3 aromatic rings. The molecule has 0 saturated carbocycles. The fourth-order valence-electron chi connectivity index (χ4n) is 3.62. The number of nitrogens with one attached hydrogen (secondary N) is 2. The van der Waals surface area contributed by atoms with Gasteiger partial charge in [-0.1, -0.05) is 0 Å². The number of nitrogens with zero attached hydrogens (tertiary/aromatic N) is 4. The third kappa shape index (κ3) is 3.75. The van der Waals surface area contributed by atoms with Gasteiger partial charge in [0.25, 0.3) is 11.5 Å². The van der Waals surface area contributed by atoms with Crippen molar-refractivity contribution in [2.24, 2.45) is 14.1 Å². The van der Waals surface area contributed by atoms with Gasteiger partial charge in [0.2, 0.25) is 0 Å². The number of amides is 1. The molecule has 0 aromatic carbocycles. The van der Waals surface area contributed by atoms with Crippen molar-refractivity contribution < 1.29 is 9.21 Å². The van der Waals surface area contributed by atoms with Crippen molar-refractivity contribution in [3.05, 3.63) is 50.3 Å². The second-order valence-electron chi connectivity index (χ2n) is 7.34. The Morgan fingerprint density at radius 2 is 1.97 bits per heavy atom. The summed E-state index contributed by atoms with van der Waals surface area (Å²) >= 11 is 0. The van der Waals surface area contributed by atoms with Crippen LogP contribution in [0.3, 0.4) is 0 Å². The van der Waals surface area contributed by atoms with Crippen LogP contribution in [-0.2, 0) is 27.1 Å². The van der Waals surface area contributed by atoms with Gasteiger partial charge in [-0.05, 0) is 38.1 Å². The van der Waals surface area contributed by atoms with E-state index in [-0.39, 0.29) is 17.2 Å². The monoisotopic (exact) mass is 400 g/mol. The molecule has 0 atom stereocenters. The fraction of sp³-hybridized carbons (Fsp3) is 0.474. The molecule has 3 aromatic heterocycles. The third-order valence-electron chi connectivity index (χ3n) is 5.25. The molecule has 1 fully saturated rings. The summed E-state index contributed by atoms with van der Waals surface area (Å²) in [5, 5.41) is 2.79. The minimum atomic E-state index is -0.434. The van der Waals surface area contributed by atoms with Gasteiger partial charge in [0.05, 0.1) is 6.54 Å². The smallest absolute Gasteiger partial charge is 0.332 e. The van der Waals surface area contributed by atoms with Crippen LogP contribution in [0.2, 0.25) is 0 Å². The van der Waals surface area contributed by atoms with E-state index < -0.39 is 11.2 Å². The Morgan fingerprint density at radius 3 is 2.72 bits per heavy atom. The topological polar surface area (TPSA) is 118 Å². The average Bonchev–Trinajstić information content (AvgIpc) is 3.46. The zero-order valence-corrected chi connectivity index (χ0v) is 16.5. The molecule has 10 heteroatoms. The number of carbonyl (C=O) groups is 1. The molecule has 154 valence electrons. The van der Waals surface area contributed by atoms with Crippen LogP contribution in [-0.4, -0.2) is 49.5 Å². The number of H-pyrrole nitrogens is 1. The van der Waals surface area contributed by atoms with Crippen LogP contribution in [0.25, 0.3) is 11.2 Å². The summed E-state index contributed by atoms with van der Waals surface area (Å²) in [4.78, 5) is 46.1. The standard InChI is InChI=1S/C19H24N6O4/c1-23-16-15(18(27)24(2)19(23)28)21-14(22-16)7-8-20-17(26)13-6-5-12(29-13)11-25-9-3-4-10-25/h5-6H,3-4,7-11H2,1-2H3,(H,20,26)(H,21,22). The molecule has 4 rings (SSSR count). The van der Waals surface area contributed by atoms with Crippen LogP contribution < -0.4 is 16.6 Å². The second kappa shape index (κ2) is 7.70. The molecule has 1 amide bonds. The quantitative estimate of drug-likeness (QED) is 0.607. The van der Waals surface area contributed by atoms with Gasteiger partial charge in [-0.15, -0.1) is 0 Å². The normalized spacial score (nSPS) is 14.7. The van der Waals surface area contributed by atoms with Crippen LogP contribution >= 0.6 is 0 Å². The minimum absolute atomic E-state index is 0.272. The van der Waals surface area contributed by atoms with Crippen molar-refractivity contribution >= 4 is 17.1 Å². The Kier molecular flexibility index (Phi) is 5.10. The Morgan fingerprint density at radius 1 is 1.21 bits per heavy atom. The predicted octanol–water partition coefficient (Wildman–Crippen LogP) is 0.122. The lowest BCUT2D eigenvalue weighted by atomic mass is 10.3. The van der Waals surface area contributed by atoms with Crippen molar-refractivity contribution in [2.45, 2.75) is 25.8 Å². The van der Waals surface area contributed by atoms with E-state index in [1.54, 1.807) is 13.1 Å². The predicted molar refractivity (Wildman–Crippen MR) is 106 cm³/mol. The van der Waals surface area contributed by atoms with Gasteiger partial charge in [0.15, 0.2) is 11.4 Å². The molecule has 0 bridgehead atoms. The van der Waals surface area contributed by atoms with Gasteiger partial charge < -0.3 is 14.7 Å². The molecule has 0 spiro atoms. The molecule has 1 aliphatic rings. The number of fused-ring (bicyclic) bond motifs is 1. The van der Waals surface area contributed by atoms with E-state index >= 15 is 0 Å². The SMILES string of the molecule is Cn1c(=O)c2[nH]c(CCNC(=O)c3ccc(CN4CCCC4)o3)nc2n(C)c1=O. The largest absolute Gasteiger partial charge is 0.455 e. The third-order valence-corrected chi connectivity index (χ3v) is 5.25. The first-order valence-corrected chi connectivity index (χ1v) is 9.68. The molecule has 1 saturated heterocycles. The zero-order chi connectivity index (χ0) is 20.5. The highest BCUT2D eigenvalue weighted by Gasteiger charge is 2.17. The molecular weight excluding hydrogens is 376 g/mol. The first-order chi connectivity index (χ1) is 13.9. The van der Waals surface area contributed by atoms with E-state index in [0.29, 0.717) is 24.4 Å². The number of aromatic nitrogens is 4. The van der Waals surface area contributed by atoms with E-state index in [1.807, 2.05) is 6.07 Å². The number of imidazole rings is 1. The molecule has 0 unspecified atom stereocenters. The maximum Gasteiger partial charge on any atom is 0.332 e. The maximum absolute atomic E-state index is 12.3. The van der Waals surface area contributed by atoms with Crippen molar-refractivity contribution in [2.75, 3.05) is 19.6 Å². The van der Waals surface area contributed by atoms with Gasteiger partial charge in [-0.2, -0.15) is 0 Å². The van der Waals surface area contributed by atoms with E-state index in [2.05, 4.69) is 20.2 Å². The molecule has 10 nitrogen and oxygen atoms in total. The van der Waals surface area contributed by atoms with Gasteiger partial charge in [0, 0.05) is 27.1 Å². The van der Waals surface area contributed by atoms with Crippen LogP contribution in [0.15, 0.2) is 26.1 Å². The van der Waals surface area contributed by atoms with Crippen LogP contribution in [0, 0.1) is 0 Å². The lowest BCUT2D eigenvalue weighted by molar-refractivity contribution is 0.0923. The minimum Gasteiger partial charge on any atom is -0.455 e. The number of aromatic amines is 1. The summed E-state index contributed by atoms with van der Waals surface area (Å²) < 4.78 is 8.01. The molecule has 0 aliphatic carbocycles. The number of hydrogen-bond donors (Lipinski definition) is 2. The van der Waals surface area contributed by atoms with Crippen molar-refractivity contribution in [3.63, 3.8) is 0 Å². The number of rotatable bonds is 6. The highest BCUT2D eigenvalue weighted by molar-refractivity contribution is 5.91. The number of hydrogen-bond acceptors (Lipinski definition) is 6. The maximum atomic E-state index is 12.3. The van der Waals surface area contributed by atoms with Gasteiger partial charge >= 0.3 is 5.69 Å². The molecule has 4 heterocycles. The molecular formula is C19H24N6O4. The molecule has 0 radical (unpaired) electrons. The van der Waals surface area contributed by atoms with Gasteiger partial charge in [-0.3, -0.25) is 23.6 Å². The Bertz CT molecular complexity index is 1160. The summed E-state index contributed by atoms with van der Waals surface area (Å²) in [6.07, 6.45) is 2.80. The first kappa shape index (κ1) is 19.2. The number of likely N-dealkylation sites (tertiary alicyclic amines) is 1. The van der Waals surface area contributed by atoms with Crippen molar-refractivity contribution in [3.8, 4) is 0 Å². The summed E-state index contributed by atoms with van der Waals surface area (Å²) in [6.45, 7) is 3.16. The van der Waals surface area contributed by atoms with E-state index in [1.165, 1.54) is 24.5 Å². The summed E-state index contributed by atoms with van der Waals surface area (Å²) in [5.74, 6) is 1.29. The van der Waals surface area contributed by atoms with E-state index in [0.717, 1.165) is 30.0 Å². The number of carbonyl (C=O) groups excluding carboxylic acids is 1. The number of aryl methyl sites for hydroxylation is 1. The lowest BCUT2D eigenvalue weighted by Gasteiger charge is -2.11. The second-order valence-corrected chi connectivity index (χ2v) is 7.34. The van der Waals surface area contributed by atoms with Crippen molar-refractivity contribution in [1.29, 1.82) is 0 Å². The lowest BCUT2D eigenvalue weighted by Crippen LogP contribution is -2.36.